The van der Waals surface area contributed by atoms with E-state index in [0.717, 1.165) is 38.5 Å². The summed E-state index contributed by atoms with van der Waals surface area (Å²) in [6.45, 7) is 8.09. The van der Waals surface area contributed by atoms with Gasteiger partial charge in [0, 0.05) is 31.3 Å². The fourth-order valence-corrected chi connectivity index (χ4v) is 4.30. The van der Waals surface area contributed by atoms with Gasteiger partial charge in [0.1, 0.15) is 6.04 Å². The SMILES string of the molecule is CC[C@@H]1NC(=O)[C@H](CCCN=C(N)N)CC(=O)[C@@](C)(NC(=O)C(C)C)CCCCCCCCNC1=O. The summed E-state index contributed by atoms with van der Waals surface area (Å²) in [7, 11) is 0. The summed E-state index contributed by atoms with van der Waals surface area (Å²) in [5.74, 6) is -1.89. The van der Waals surface area contributed by atoms with Crippen molar-refractivity contribution < 1.29 is 19.2 Å². The molecule has 1 fully saturated rings. The van der Waals surface area contributed by atoms with Gasteiger partial charge in [-0.05, 0) is 39.0 Å². The van der Waals surface area contributed by atoms with Gasteiger partial charge in [0.05, 0.1) is 5.54 Å². The number of Topliss-reactive ketones (excluding diaryl/α,β-unsaturated/α-hetero) is 1. The lowest BCUT2D eigenvalue weighted by molar-refractivity contribution is -0.137. The molecule has 0 aliphatic carbocycles. The second-order valence-electron chi connectivity index (χ2n) is 10.4. The van der Waals surface area contributed by atoms with Crippen molar-refractivity contribution in [2.45, 2.75) is 110 Å². The largest absolute Gasteiger partial charge is 0.370 e. The normalized spacial score (nSPS) is 25.4. The van der Waals surface area contributed by atoms with Gasteiger partial charge in [-0.15, -0.1) is 0 Å². The minimum atomic E-state index is -1.06. The highest BCUT2D eigenvalue weighted by Gasteiger charge is 2.37. The third kappa shape index (κ3) is 11.4. The molecule has 0 spiro atoms. The Kier molecular flexibility index (Phi) is 14.1. The Morgan fingerprint density at radius 3 is 2.33 bits per heavy atom. The first kappa shape index (κ1) is 31.4. The maximum Gasteiger partial charge on any atom is 0.242 e. The second kappa shape index (κ2) is 16.2. The number of nitrogens with one attached hydrogen (secondary N) is 3. The maximum absolute atomic E-state index is 13.6. The lowest BCUT2D eigenvalue weighted by Crippen LogP contribution is -2.54. The summed E-state index contributed by atoms with van der Waals surface area (Å²) in [6.07, 6.45) is 7.50. The van der Waals surface area contributed by atoms with Crippen LogP contribution in [0.25, 0.3) is 0 Å². The third-order valence-corrected chi connectivity index (χ3v) is 6.79. The average Bonchev–Trinajstić information content (AvgIpc) is 2.81. The minimum Gasteiger partial charge on any atom is -0.370 e. The first-order valence-electron chi connectivity index (χ1n) is 13.5. The highest BCUT2D eigenvalue weighted by atomic mass is 16.2. The summed E-state index contributed by atoms with van der Waals surface area (Å²) < 4.78 is 0. The molecule has 3 atom stereocenters. The molecular formula is C26H48N6O4. The average molecular weight is 509 g/mol. The number of carbonyl (C=O) groups excluding carboxylic acids is 4. The van der Waals surface area contributed by atoms with Crippen molar-refractivity contribution >= 4 is 29.5 Å². The van der Waals surface area contributed by atoms with E-state index in [-0.39, 0.29) is 41.8 Å². The smallest absolute Gasteiger partial charge is 0.242 e. The topological polar surface area (TPSA) is 169 Å². The Bertz CT molecular complexity index is 766. The van der Waals surface area contributed by atoms with E-state index in [1.165, 1.54) is 0 Å². The van der Waals surface area contributed by atoms with E-state index in [4.69, 9.17) is 11.5 Å². The van der Waals surface area contributed by atoms with Crippen molar-refractivity contribution in [1.29, 1.82) is 0 Å². The second-order valence-corrected chi connectivity index (χ2v) is 10.4. The van der Waals surface area contributed by atoms with Crippen LogP contribution >= 0.6 is 0 Å². The van der Waals surface area contributed by atoms with Crippen LogP contribution in [-0.4, -0.2) is 54.1 Å². The van der Waals surface area contributed by atoms with Gasteiger partial charge in [0.2, 0.25) is 17.7 Å². The van der Waals surface area contributed by atoms with Gasteiger partial charge in [-0.1, -0.05) is 52.9 Å². The third-order valence-electron chi connectivity index (χ3n) is 6.79. The molecule has 0 radical (unpaired) electrons. The molecule has 0 saturated carbocycles. The Morgan fingerprint density at radius 2 is 1.72 bits per heavy atom. The summed E-state index contributed by atoms with van der Waals surface area (Å²) in [4.78, 5) is 56.1. The Hall–Kier alpha value is -2.65. The van der Waals surface area contributed by atoms with E-state index in [9.17, 15) is 19.2 Å². The van der Waals surface area contributed by atoms with Crippen molar-refractivity contribution in [3.8, 4) is 0 Å². The van der Waals surface area contributed by atoms with Gasteiger partial charge in [0.25, 0.3) is 0 Å². The minimum absolute atomic E-state index is 0.0314. The first-order chi connectivity index (χ1) is 17.0. The molecule has 206 valence electrons. The molecule has 10 nitrogen and oxygen atoms in total. The number of nitrogens with two attached hydrogens (primary N) is 2. The van der Waals surface area contributed by atoms with Crippen molar-refractivity contribution in [2.75, 3.05) is 13.1 Å². The summed E-state index contributed by atoms with van der Waals surface area (Å²) in [6, 6.07) is -0.671. The molecule has 0 bridgehead atoms. The number of amides is 3. The Balaban J connectivity index is 3.18. The van der Waals surface area contributed by atoms with E-state index in [0.29, 0.717) is 38.8 Å². The van der Waals surface area contributed by atoms with E-state index in [2.05, 4.69) is 20.9 Å². The van der Waals surface area contributed by atoms with Gasteiger partial charge in [-0.3, -0.25) is 24.2 Å². The predicted molar refractivity (Wildman–Crippen MR) is 142 cm³/mol. The number of guanidine groups is 1. The van der Waals surface area contributed by atoms with Crippen LogP contribution in [0.3, 0.4) is 0 Å². The number of hydrogen-bond donors (Lipinski definition) is 5. The highest BCUT2D eigenvalue weighted by molar-refractivity contribution is 5.96. The number of carbonyl (C=O) groups is 4. The van der Waals surface area contributed by atoms with Crippen LogP contribution in [0.2, 0.25) is 0 Å². The molecular weight excluding hydrogens is 460 g/mol. The van der Waals surface area contributed by atoms with E-state index in [1.807, 2.05) is 6.92 Å². The van der Waals surface area contributed by atoms with Crippen LogP contribution in [0.5, 0.6) is 0 Å². The number of rotatable bonds is 7. The van der Waals surface area contributed by atoms with E-state index < -0.39 is 17.5 Å². The monoisotopic (exact) mass is 508 g/mol. The molecule has 10 heteroatoms. The fourth-order valence-electron chi connectivity index (χ4n) is 4.30. The maximum atomic E-state index is 13.6. The molecule has 0 aromatic carbocycles. The summed E-state index contributed by atoms with van der Waals surface area (Å²) in [5, 5.41) is 8.72. The van der Waals surface area contributed by atoms with Gasteiger partial charge in [-0.2, -0.15) is 0 Å². The number of hydrogen-bond acceptors (Lipinski definition) is 5. The number of aliphatic imine (C=N–C) groups is 1. The van der Waals surface area contributed by atoms with Crippen LogP contribution in [-0.2, 0) is 19.2 Å². The Morgan fingerprint density at radius 1 is 1.08 bits per heavy atom. The lowest BCUT2D eigenvalue weighted by atomic mass is 9.82. The van der Waals surface area contributed by atoms with E-state index >= 15 is 0 Å². The van der Waals surface area contributed by atoms with Crippen molar-refractivity contribution in [1.82, 2.24) is 16.0 Å². The van der Waals surface area contributed by atoms with Crippen LogP contribution in [0.4, 0.5) is 0 Å². The van der Waals surface area contributed by atoms with E-state index in [1.54, 1.807) is 20.8 Å². The molecule has 3 amide bonds. The molecule has 0 aromatic rings. The molecule has 1 heterocycles. The standard InChI is InChI=1S/C26H48N6O4/c1-5-20-24(36)29-15-11-9-7-6-8-10-14-26(4,32-22(34)18(2)3)21(33)17-19(23(35)31-20)13-12-16-30-25(27)28/h18-20H,5-17H2,1-4H3,(H,29,36)(H,31,35)(H,32,34)(H4,27,28,30)/t19-,20+,26+/m1/s1. The zero-order valence-corrected chi connectivity index (χ0v) is 22.7. The molecule has 1 saturated heterocycles. The summed E-state index contributed by atoms with van der Waals surface area (Å²) >= 11 is 0. The zero-order valence-electron chi connectivity index (χ0n) is 22.7. The number of ketones is 1. The quantitative estimate of drug-likeness (QED) is 0.200. The van der Waals surface area contributed by atoms with Crippen LogP contribution in [0, 0.1) is 11.8 Å². The van der Waals surface area contributed by atoms with Gasteiger partial charge < -0.3 is 27.4 Å². The van der Waals surface area contributed by atoms with Crippen molar-refractivity contribution in [2.24, 2.45) is 28.3 Å². The van der Waals surface area contributed by atoms with Gasteiger partial charge >= 0.3 is 0 Å². The molecule has 36 heavy (non-hydrogen) atoms. The number of nitrogens with zero attached hydrogens (tertiary/aromatic N) is 1. The highest BCUT2D eigenvalue weighted by Crippen LogP contribution is 2.24. The van der Waals surface area contributed by atoms with Crippen molar-refractivity contribution in [3.63, 3.8) is 0 Å². The first-order valence-corrected chi connectivity index (χ1v) is 13.5. The van der Waals surface area contributed by atoms with Gasteiger partial charge in [-0.25, -0.2) is 0 Å². The van der Waals surface area contributed by atoms with Crippen LogP contribution < -0.4 is 27.4 Å². The molecule has 1 aliphatic heterocycles. The van der Waals surface area contributed by atoms with Gasteiger partial charge in [0.15, 0.2) is 11.7 Å². The molecule has 0 unspecified atom stereocenters. The van der Waals surface area contributed by atoms with Crippen molar-refractivity contribution in [3.05, 3.63) is 0 Å². The summed E-state index contributed by atoms with van der Waals surface area (Å²) in [5.41, 5.74) is 9.75. The molecule has 0 aromatic heterocycles. The lowest BCUT2D eigenvalue weighted by Gasteiger charge is -2.32. The van der Waals surface area contributed by atoms with Crippen LogP contribution in [0.1, 0.15) is 98.3 Å². The molecule has 7 N–H and O–H groups in total. The predicted octanol–water partition coefficient (Wildman–Crippen LogP) is 1.90. The molecule has 1 rings (SSSR count). The zero-order chi connectivity index (χ0) is 27.1. The van der Waals surface area contributed by atoms with Crippen LogP contribution in [0.15, 0.2) is 4.99 Å². The molecule has 1 aliphatic rings. The Labute approximate surface area is 216 Å². The fraction of sp³-hybridized carbons (Fsp3) is 0.808.